The number of nitrogens with two attached hydrogens (primary N) is 1. The Morgan fingerprint density at radius 2 is 2.06 bits per heavy atom. The summed E-state index contributed by atoms with van der Waals surface area (Å²) < 4.78 is 6.69. The molecule has 0 saturated carbocycles. The van der Waals surface area contributed by atoms with E-state index in [9.17, 15) is 0 Å². The summed E-state index contributed by atoms with van der Waals surface area (Å²) in [6.07, 6.45) is 0. The number of hydrogen-bond acceptors (Lipinski definition) is 3. The number of anilines is 1. The molecule has 0 saturated heterocycles. The smallest absolute Gasteiger partial charge is 0.228 e. The third-order valence-corrected chi connectivity index (χ3v) is 3.53. The highest BCUT2D eigenvalue weighted by atomic mass is 79.9. The molecule has 18 heavy (non-hydrogen) atoms. The number of fused-ring (bicyclic) bond motifs is 1. The van der Waals surface area contributed by atoms with Crippen molar-refractivity contribution < 1.29 is 4.42 Å². The number of oxazole rings is 1. The first-order valence-corrected chi connectivity index (χ1v) is 6.36. The van der Waals surface area contributed by atoms with Crippen molar-refractivity contribution in [3.05, 3.63) is 46.4 Å². The van der Waals surface area contributed by atoms with Crippen LogP contribution in [0.1, 0.15) is 5.56 Å². The minimum atomic E-state index is 0.582. The first-order chi connectivity index (χ1) is 8.65. The zero-order valence-electron chi connectivity index (χ0n) is 9.77. The van der Waals surface area contributed by atoms with Crippen molar-refractivity contribution in [1.82, 2.24) is 4.98 Å². The Balaban J connectivity index is 2.26. The van der Waals surface area contributed by atoms with E-state index < -0.39 is 0 Å². The fraction of sp³-hybridized carbons (Fsp3) is 0.0714. The van der Waals surface area contributed by atoms with E-state index in [2.05, 4.69) is 20.9 Å². The molecule has 0 bridgehead atoms. The molecule has 0 fully saturated rings. The van der Waals surface area contributed by atoms with Crippen LogP contribution in [0.15, 0.2) is 45.3 Å². The monoisotopic (exact) mass is 302 g/mol. The topological polar surface area (TPSA) is 52.0 Å². The molecule has 3 rings (SSSR count). The summed E-state index contributed by atoms with van der Waals surface area (Å²) in [5, 5.41) is 0. The van der Waals surface area contributed by atoms with Gasteiger partial charge in [0.15, 0.2) is 5.58 Å². The second kappa shape index (κ2) is 4.14. The van der Waals surface area contributed by atoms with Crippen molar-refractivity contribution in [1.29, 1.82) is 0 Å². The highest BCUT2D eigenvalue weighted by molar-refractivity contribution is 9.10. The van der Waals surface area contributed by atoms with E-state index in [1.165, 1.54) is 0 Å². The van der Waals surface area contributed by atoms with Gasteiger partial charge in [-0.25, -0.2) is 4.98 Å². The molecule has 0 aliphatic carbocycles. The third kappa shape index (κ3) is 1.78. The van der Waals surface area contributed by atoms with Crippen LogP contribution in [0.4, 0.5) is 5.69 Å². The SMILES string of the molecule is Cc1cccc2oc(-c3cc(N)ccc3Br)nc12. The van der Waals surface area contributed by atoms with Crippen LogP contribution >= 0.6 is 15.9 Å². The Morgan fingerprint density at radius 1 is 1.22 bits per heavy atom. The second-order valence-electron chi connectivity index (χ2n) is 4.18. The first kappa shape index (κ1) is 11.3. The molecule has 4 heteroatoms. The van der Waals surface area contributed by atoms with Crippen molar-refractivity contribution in [2.75, 3.05) is 5.73 Å². The number of halogens is 1. The average molecular weight is 303 g/mol. The first-order valence-electron chi connectivity index (χ1n) is 5.57. The molecule has 1 aromatic heterocycles. The normalized spacial score (nSPS) is 11.0. The van der Waals surface area contributed by atoms with Crippen LogP contribution in [0.25, 0.3) is 22.6 Å². The maximum absolute atomic E-state index is 5.80. The molecule has 2 aromatic carbocycles. The lowest BCUT2D eigenvalue weighted by Gasteiger charge is -2.00. The summed E-state index contributed by atoms with van der Waals surface area (Å²) in [5.74, 6) is 0.582. The maximum atomic E-state index is 5.80. The van der Waals surface area contributed by atoms with Gasteiger partial charge in [-0.3, -0.25) is 0 Å². The molecule has 90 valence electrons. The van der Waals surface area contributed by atoms with Gasteiger partial charge in [-0.15, -0.1) is 0 Å². The number of rotatable bonds is 1. The zero-order chi connectivity index (χ0) is 12.7. The van der Waals surface area contributed by atoms with E-state index in [0.29, 0.717) is 11.6 Å². The van der Waals surface area contributed by atoms with Gasteiger partial charge in [-0.2, -0.15) is 0 Å². The number of nitrogens with zero attached hydrogens (tertiary/aromatic N) is 1. The van der Waals surface area contributed by atoms with Gasteiger partial charge in [0, 0.05) is 10.2 Å². The molecule has 3 nitrogen and oxygen atoms in total. The van der Waals surface area contributed by atoms with Crippen LogP contribution < -0.4 is 5.73 Å². The Kier molecular flexibility index (Phi) is 2.59. The van der Waals surface area contributed by atoms with Gasteiger partial charge in [0.2, 0.25) is 5.89 Å². The van der Waals surface area contributed by atoms with Crippen LogP contribution in [0.2, 0.25) is 0 Å². The second-order valence-corrected chi connectivity index (χ2v) is 5.03. The predicted molar refractivity (Wildman–Crippen MR) is 76.3 cm³/mol. The van der Waals surface area contributed by atoms with Crippen molar-refractivity contribution in [2.45, 2.75) is 6.92 Å². The molecule has 0 atom stereocenters. The number of benzene rings is 2. The highest BCUT2D eigenvalue weighted by Gasteiger charge is 2.12. The van der Waals surface area contributed by atoms with Crippen molar-refractivity contribution in [2.24, 2.45) is 0 Å². The molecule has 2 N–H and O–H groups in total. The zero-order valence-corrected chi connectivity index (χ0v) is 11.4. The largest absolute Gasteiger partial charge is 0.436 e. The lowest BCUT2D eigenvalue weighted by molar-refractivity contribution is 0.619. The maximum Gasteiger partial charge on any atom is 0.228 e. The summed E-state index contributed by atoms with van der Waals surface area (Å²) in [5.41, 5.74) is 10.1. The highest BCUT2D eigenvalue weighted by Crippen LogP contribution is 2.32. The van der Waals surface area contributed by atoms with Crippen molar-refractivity contribution >= 4 is 32.7 Å². The average Bonchev–Trinajstić information content (AvgIpc) is 2.77. The fourth-order valence-electron chi connectivity index (χ4n) is 1.91. The summed E-state index contributed by atoms with van der Waals surface area (Å²) >= 11 is 3.49. The summed E-state index contributed by atoms with van der Waals surface area (Å²) in [4.78, 5) is 4.53. The van der Waals surface area contributed by atoms with Gasteiger partial charge < -0.3 is 10.2 Å². The van der Waals surface area contributed by atoms with Crippen LogP contribution in [0, 0.1) is 6.92 Å². The molecule has 0 aliphatic heterocycles. The number of hydrogen-bond donors (Lipinski definition) is 1. The molecule has 0 unspecified atom stereocenters. The fourth-order valence-corrected chi connectivity index (χ4v) is 2.32. The summed E-state index contributed by atoms with van der Waals surface area (Å²) in [6, 6.07) is 11.5. The number of aryl methyl sites for hydroxylation is 1. The van der Waals surface area contributed by atoms with Crippen LogP contribution in [0.3, 0.4) is 0 Å². The Morgan fingerprint density at radius 3 is 2.83 bits per heavy atom. The van der Waals surface area contributed by atoms with E-state index in [1.54, 1.807) is 0 Å². The van der Waals surface area contributed by atoms with Crippen molar-refractivity contribution in [3.63, 3.8) is 0 Å². The summed E-state index contributed by atoms with van der Waals surface area (Å²) in [7, 11) is 0. The minimum absolute atomic E-state index is 0.582. The quantitative estimate of drug-likeness (QED) is 0.687. The Bertz CT molecular complexity index is 734. The van der Waals surface area contributed by atoms with E-state index in [-0.39, 0.29) is 0 Å². The minimum Gasteiger partial charge on any atom is -0.436 e. The number of aromatic nitrogens is 1. The Hall–Kier alpha value is -1.81. The predicted octanol–water partition coefficient (Wildman–Crippen LogP) is 4.15. The third-order valence-electron chi connectivity index (χ3n) is 2.84. The van der Waals surface area contributed by atoms with Gasteiger partial charge in [0.05, 0.1) is 5.56 Å². The van der Waals surface area contributed by atoms with Crippen LogP contribution in [-0.4, -0.2) is 4.98 Å². The lowest BCUT2D eigenvalue weighted by Crippen LogP contribution is -1.86. The van der Waals surface area contributed by atoms with E-state index in [1.807, 2.05) is 43.3 Å². The lowest BCUT2D eigenvalue weighted by atomic mass is 10.2. The van der Waals surface area contributed by atoms with Crippen LogP contribution in [0.5, 0.6) is 0 Å². The van der Waals surface area contributed by atoms with E-state index in [0.717, 1.165) is 26.7 Å². The molecule has 0 radical (unpaired) electrons. The molecule has 0 aliphatic rings. The standard InChI is InChI=1S/C14H11BrN2O/c1-8-3-2-4-12-13(8)17-14(18-12)10-7-9(16)5-6-11(10)15/h2-7H,16H2,1H3. The van der Waals surface area contributed by atoms with Gasteiger partial charge >= 0.3 is 0 Å². The molecule has 0 spiro atoms. The van der Waals surface area contributed by atoms with E-state index in [4.69, 9.17) is 10.2 Å². The van der Waals surface area contributed by atoms with E-state index >= 15 is 0 Å². The molecule has 3 aromatic rings. The molecule has 1 heterocycles. The van der Waals surface area contributed by atoms with Gasteiger partial charge in [-0.1, -0.05) is 12.1 Å². The van der Waals surface area contributed by atoms with Crippen molar-refractivity contribution in [3.8, 4) is 11.5 Å². The summed E-state index contributed by atoms with van der Waals surface area (Å²) in [6.45, 7) is 2.02. The molecular formula is C14H11BrN2O. The van der Waals surface area contributed by atoms with Gasteiger partial charge in [-0.05, 0) is 52.7 Å². The number of nitrogen functional groups attached to an aromatic ring is 1. The van der Waals surface area contributed by atoms with Crippen LogP contribution in [-0.2, 0) is 0 Å². The Labute approximate surface area is 113 Å². The number of para-hydroxylation sites is 1. The van der Waals surface area contributed by atoms with Gasteiger partial charge in [0.25, 0.3) is 0 Å². The van der Waals surface area contributed by atoms with Gasteiger partial charge in [0.1, 0.15) is 5.52 Å². The molecular weight excluding hydrogens is 292 g/mol. The molecule has 0 amide bonds.